The number of hydrogen-bond donors (Lipinski definition) is 2. The molecule has 0 aromatic carbocycles. The summed E-state index contributed by atoms with van der Waals surface area (Å²) in [7, 11) is 0. The first kappa shape index (κ1) is 12.5. The molecule has 0 saturated carbocycles. The number of carboxylic acid groups (broad SMARTS) is 1. The summed E-state index contributed by atoms with van der Waals surface area (Å²) in [6.45, 7) is 0. The number of nitrogens with zero attached hydrogens (tertiary/aromatic N) is 1. The number of hydrogen-bond acceptors (Lipinski definition) is 4. The molecule has 0 amide bonds. The van der Waals surface area contributed by atoms with E-state index in [9.17, 15) is 15.0 Å². The maximum Gasteiger partial charge on any atom is 0.0808 e. The van der Waals surface area contributed by atoms with E-state index in [1.165, 1.54) is 6.20 Å². The molecule has 0 saturated heterocycles. The lowest BCUT2D eigenvalue weighted by Crippen LogP contribution is -2.22. The molecule has 1 atom stereocenters. The summed E-state index contributed by atoms with van der Waals surface area (Å²) >= 11 is 0. The zero-order valence-electron chi connectivity index (χ0n) is 8.01. The molecular formula is C9H14N2O3. The molecule has 5 nitrogen and oxygen atoms in total. The standard InChI is InChI=1S/C9H11NO3.H3N/c11-8(3-4-9(12)13)7-2-1-5-10-6-7;/h1-2,5-6,8,11H,3-4H2,(H,12,13);1H3. The molecule has 0 bridgehead atoms. The first-order chi connectivity index (χ1) is 6.20. The maximum absolute atomic E-state index is 10.1. The molecule has 14 heavy (non-hydrogen) atoms. The molecule has 0 aliphatic rings. The number of aliphatic carboxylic acids is 1. The van der Waals surface area contributed by atoms with Gasteiger partial charge in [-0.3, -0.25) is 4.98 Å². The Bertz CT molecular complexity index is 277. The molecule has 0 aliphatic carbocycles. The Labute approximate surface area is 82.0 Å². The molecule has 78 valence electrons. The minimum atomic E-state index is -1.15. The molecule has 0 spiro atoms. The number of aliphatic hydroxyl groups is 1. The average Bonchev–Trinajstić information content (AvgIpc) is 2.15. The van der Waals surface area contributed by atoms with Crippen molar-refractivity contribution in [2.24, 2.45) is 0 Å². The predicted molar refractivity (Wildman–Crippen MR) is 49.4 cm³/mol. The highest BCUT2D eigenvalue weighted by Crippen LogP contribution is 2.15. The van der Waals surface area contributed by atoms with E-state index >= 15 is 0 Å². The number of aliphatic hydroxyl groups excluding tert-OH is 1. The normalized spacial score (nSPS) is 11.5. The first-order valence-corrected chi connectivity index (χ1v) is 3.98. The van der Waals surface area contributed by atoms with Crippen molar-refractivity contribution in [2.75, 3.05) is 0 Å². The fourth-order valence-electron chi connectivity index (χ4n) is 0.994. The molecule has 0 radical (unpaired) electrons. The van der Waals surface area contributed by atoms with E-state index in [0.717, 1.165) is 0 Å². The summed E-state index contributed by atoms with van der Waals surface area (Å²) in [6.07, 6.45) is 2.35. The Morgan fingerprint density at radius 3 is 2.86 bits per heavy atom. The Morgan fingerprint density at radius 2 is 2.36 bits per heavy atom. The molecule has 0 fully saturated rings. The molecule has 5 N–H and O–H groups in total. The fraction of sp³-hybridized carbons (Fsp3) is 0.333. The molecule has 1 unspecified atom stereocenters. The number of aromatic nitrogens is 1. The first-order valence-electron chi connectivity index (χ1n) is 3.98. The van der Waals surface area contributed by atoms with Crippen molar-refractivity contribution in [2.45, 2.75) is 18.9 Å². The molecule has 1 aromatic heterocycles. The van der Waals surface area contributed by atoms with Gasteiger partial charge in [0.25, 0.3) is 0 Å². The van der Waals surface area contributed by atoms with Crippen molar-refractivity contribution >= 4 is 5.97 Å². The lowest BCUT2D eigenvalue weighted by atomic mass is 10.1. The highest BCUT2D eigenvalue weighted by atomic mass is 16.4. The van der Waals surface area contributed by atoms with Crippen molar-refractivity contribution in [3.63, 3.8) is 0 Å². The summed E-state index contributed by atoms with van der Waals surface area (Å²) in [5, 5.41) is 19.5. The van der Waals surface area contributed by atoms with Crippen molar-refractivity contribution in [3.05, 3.63) is 30.1 Å². The van der Waals surface area contributed by atoms with Crippen molar-refractivity contribution in [1.82, 2.24) is 11.1 Å². The summed E-state index contributed by atoms with van der Waals surface area (Å²) in [4.78, 5) is 13.9. The van der Waals surface area contributed by atoms with Gasteiger partial charge in [-0.1, -0.05) is 6.07 Å². The molecule has 1 rings (SSSR count). The van der Waals surface area contributed by atoms with Crippen LogP contribution < -0.4 is 11.3 Å². The SMILES string of the molecule is O=C([O-])CCC(O)c1cccnc1.[NH4+]. The van der Waals surface area contributed by atoms with Gasteiger partial charge >= 0.3 is 0 Å². The van der Waals surface area contributed by atoms with Crippen LogP contribution in [0, 0.1) is 0 Å². The minimum Gasteiger partial charge on any atom is -0.550 e. The van der Waals surface area contributed by atoms with Crippen LogP contribution in [0.2, 0.25) is 0 Å². The van der Waals surface area contributed by atoms with E-state index in [1.807, 2.05) is 0 Å². The summed E-state index contributed by atoms with van der Waals surface area (Å²) in [6, 6.07) is 3.39. The number of carbonyl (C=O) groups excluding carboxylic acids is 1. The van der Waals surface area contributed by atoms with Crippen molar-refractivity contribution in [3.8, 4) is 0 Å². The number of carboxylic acids is 1. The smallest absolute Gasteiger partial charge is 0.0808 e. The van der Waals surface area contributed by atoms with E-state index < -0.39 is 12.1 Å². The van der Waals surface area contributed by atoms with E-state index in [0.29, 0.717) is 5.56 Å². The van der Waals surface area contributed by atoms with Gasteiger partial charge in [-0.05, 0) is 24.5 Å². The van der Waals surface area contributed by atoms with Crippen molar-refractivity contribution < 1.29 is 15.0 Å². The molecule has 0 aliphatic heterocycles. The second kappa shape index (κ2) is 6.06. The van der Waals surface area contributed by atoms with E-state index in [1.54, 1.807) is 18.3 Å². The van der Waals surface area contributed by atoms with Gasteiger partial charge in [-0.2, -0.15) is 0 Å². The number of rotatable bonds is 4. The number of pyridine rings is 1. The summed E-state index contributed by atoms with van der Waals surface area (Å²) < 4.78 is 0. The van der Waals surface area contributed by atoms with Gasteiger partial charge in [-0.25, -0.2) is 0 Å². The van der Waals surface area contributed by atoms with E-state index in [2.05, 4.69) is 4.98 Å². The third kappa shape index (κ3) is 3.97. The molecule has 5 heteroatoms. The number of quaternary nitrogens is 1. The Kier molecular flexibility index (Phi) is 5.43. The number of carbonyl (C=O) groups is 1. The highest BCUT2D eigenvalue weighted by molar-refractivity contribution is 5.64. The van der Waals surface area contributed by atoms with Gasteiger partial charge in [0, 0.05) is 18.4 Å². The summed E-state index contributed by atoms with van der Waals surface area (Å²) in [5.41, 5.74) is 0.628. The lowest BCUT2D eigenvalue weighted by molar-refractivity contribution is -0.306. The zero-order valence-corrected chi connectivity index (χ0v) is 8.01. The zero-order chi connectivity index (χ0) is 9.68. The Balaban J connectivity index is 0.00000169. The quantitative estimate of drug-likeness (QED) is 0.710. The molecule has 1 aromatic rings. The second-order valence-corrected chi connectivity index (χ2v) is 2.71. The van der Waals surface area contributed by atoms with Crippen LogP contribution in [0.15, 0.2) is 24.5 Å². The summed E-state index contributed by atoms with van der Waals surface area (Å²) in [5.74, 6) is -1.15. The monoisotopic (exact) mass is 198 g/mol. The third-order valence-electron chi connectivity index (χ3n) is 1.69. The maximum atomic E-state index is 10.1. The van der Waals surface area contributed by atoms with Gasteiger partial charge in [0.05, 0.1) is 6.10 Å². The largest absolute Gasteiger partial charge is 0.550 e. The van der Waals surface area contributed by atoms with Crippen LogP contribution in [0.4, 0.5) is 0 Å². The van der Waals surface area contributed by atoms with Gasteiger partial charge in [0.1, 0.15) is 0 Å². The van der Waals surface area contributed by atoms with Crippen LogP contribution in [0.25, 0.3) is 0 Å². The van der Waals surface area contributed by atoms with Gasteiger partial charge < -0.3 is 21.2 Å². The van der Waals surface area contributed by atoms with Crippen LogP contribution >= 0.6 is 0 Å². The van der Waals surface area contributed by atoms with Crippen LogP contribution in [0.5, 0.6) is 0 Å². The van der Waals surface area contributed by atoms with Crippen molar-refractivity contribution in [1.29, 1.82) is 0 Å². The fourth-order valence-corrected chi connectivity index (χ4v) is 0.994. The third-order valence-corrected chi connectivity index (χ3v) is 1.69. The second-order valence-electron chi connectivity index (χ2n) is 2.71. The molecular weight excluding hydrogens is 184 g/mol. The molecule has 1 heterocycles. The van der Waals surface area contributed by atoms with Gasteiger partial charge in [0.2, 0.25) is 0 Å². The van der Waals surface area contributed by atoms with Crippen LogP contribution in [0.1, 0.15) is 24.5 Å². The topological polar surface area (TPSA) is 110 Å². The average molecular weight is 198 g/mol. The van der Waals surface area contributed by atoms with Crippen LogP contribution in [-0.4, -0.2) is 16.1 Å². The minimum absolute atomic E-state index is 0. The Hall–Kier alpha value is -1.46. The van der Waals surface area contributed by atoms with Crippen LogP contribution in [-0.2, 0) is 4.79 Å². The van der Waals surface area contributed by atoms with Gasteiger partial charge in [-0.15, -0.1) is 0 Å². The van der Waals surface area contributed by atoms with E-state index in [4.69, 9.17) is 0 Å². The van der Waals surface area contributed by atoms with Gasteiger partial charge in [0.15, 0.2) is 0 Å². The van der Waals surface area contributed by atoms with Crippen LogP contribution in [0.3, 0.4) is 0 Å². The van der Waals surface area contributed by atoms with E-state index in [-0.39, 0.29) is 19.0 Å². The lowest BCUT2D eigenvalue weighted by Gasteiger charge is -2.09. The Morgan fingerprint density at radius 1 is 1.64 bits per heavy atom. The highest BCUT2D eigenvalue weighted by Gasteiger charge is 2.06. The predicted octanol–water partition coefficient (Wildman–Crippen LogP) is 0.0213.